The molecule has 0 aliphatic rings. The van der Waals surface area contributed by atoms with E-state index >= 15 is 0 Å². The summed E-state index contributed by atoms with van der Waals surface area (Å²) in [5.41, 5.74) is 0. The van der Waals surface area contributed by atoms with Gasteiger partial charge in [0.25, 0.3) is 0 Å². The summed E-state index contributed by atoms with van der Waals surface area (Å²) in [5, 5.41) is 34.3. The van der Waals surface area contributed by atoms with Gasteiger partial charge < -0.3 is 20.4 Å². The maximum Gasteiger partial charge on any atom is 0.195 e. The van der Waals surface area contributed by atoms with Crippen molar-refractivity contribution in [1.29, 1.82) is 0 Å². The van der Waals surface area contributed by atoms with E-state index in [-0.39, 0.29) is 6.61 Å². The Balaban J connectivity index is 4.00. The predicted octanol–water partition coefficient (Wildman–Crippen LogP) is -2.18. The third-order valence-electron chi connectivity index (χ3n) is 1.22. The molecule has 0 aromatic heterocycles. The summed E-state index contributed by atoms with van der Waals surface area (Å²) < 4.78 is 0. The zero-order valence-corrected chi connectivity index (χ0v) is 6.42. The number of carbonyl (C=O) groups excluding carboxylic acids is 1. The van der Waals surface area contributed by atoms with Gasteiger partial charge in [0.2, 0.25) is 0 Å². The highest BCUT2D eigenvalue weighted by Crippen LogP contribution is 1.94. The summed E-state index contributed by atoms with van der Waals surface area (Å²) in [6.45, 7) is -1.01. The second-order valence-electron chi connectivity index (χ2n) is 2.16. The van der Waals surface area contributed by atoms with Gasteiger partial charge in [-0.05, 0) is 0 Å². The number of rotatable bonds is 5. The molecule has 0 saturated heterocycles. The number of carbonyl (C=O) groups is 1. The first-order chi connectivity index (χ1) is 5.63. The van der Waals surface area contributed by atoms with Crippen LogP contribution in [0.4, 0.5) is 0 Å². The molecular formula is C7H12O5. The second-order valence-corrected chi connectivity index (χ2v) is 2.16. The van der Waals surface area contributed by atoms with Crippen LogP contribution in [0.5, 0.6) is 0 Å². The van der Waals surface area contributed by atoms with Crippen LogP contribution in [0, 0.1) is 0 Å². The van der Waals surface area contributed by atoms with Crippen LogP contribution in [0.1, 0.15) is 0 Å². The van der Waals surface area contributed by atoms with E-state index in [0.717, 1.165) is 6.08 Å². The van der Waals surface area contributed by atoms with Gasteiger partial charge in [0.1, 0.15) is 12.2 Å². The molecule has 70 valence electrons. The average molecular weight is 176 g/mol. The van der Waals surface area contributed by atoms with Crippen LogP contribution in [0.15, 0.2) is 12.2 Å². The molecule has 0 aliphatic carbocycles. The van der Waals surface area contributed by atoms with Gasteiger partial charge in [-0.15, -0.1) is 0 Å². The smallest absolute Gasteiger partial charge is 0.195 e. The Morgan fingerprint density at radius 2 is 1.92 bits per heavy atom. The number of hydrogen-bond donors (Lipinski definition) is 4. The van der Waals surface area contributed by atoms with Crippen LogP contribution >= 0.6 is 0 Å². The molecule has 0 aromatic rings. The summed E-state index contributed by atoms with van der Waals surface area (Å²) in [6.07, 6.45) is -0.823. The molecule has 5 heteroatoms. The van der Waals surface area contributed by atoms with E-state index in [1.165, 1.54) is 6.08 Å². The van der Waals surface area contributed by atoms with Crippen molar-refractivity contribution in [3.63, 3.8) is 0 Å². The minimum Gasteiger partial charge on any atom is -0.393 e. The van der Waals surface area contributed by atoms with E-state index < -0.39 is 24.6 Å². The topological polar surface area (TPSA) is 98.0 Å². The fraction of sp³-hybridized carbons (Fsp3) is 0.571. The summed E-state index contributed by atoms with van der Waals surface area (Å²) >= 11 is 0. The van der Waals surface area contributed by atoms with Crippen molar-refractivity contribution >= 4 is 5.78 Å². The lowest BCUT2D eigenvalue weighted by molar-refractivity contribution is -0.135. The molecule has 0 heterocycles. The number of aliphatic hydroxyl groups excluding tert-OH is 4. The maximum absolute atomic E-state index is 10.8. The van der Waals surface area contributed by atoms with Crippen molar-refractivity contribution in [2.24, 2.45) is 0 Å². The maximum atomic E-state index is 10.8. The SMILES string of the molecule is O=C(C(O)/C=C/CO)C(O)CO. The Labute approximate surface area is 69.6 Å². The summed E-state index contributed by atoms with van der Waals surface area (Å²) in [7, 11) is 0. The zero-order chi connectivity index (χ0) is 9.56. The Morgan fingerprint density at radius 1 is 1.33 bits per heavy atom. The molecule has 0 spiro atoms. The van der Waals surface area contributed by atoms with Gasteiger partial charge in [0.15, 0.2) is 5.78 Å². The third-order valence-corrected chi connectivity index (χ3v) is 1.22. The highest BCUT2D eigenvalue weighted by Gasteiger charge is 2.19. The number of Topliss-reactive ketones (excluding diaryl/α,β-unsaturated/α-hetero) is 1. The Hall–Kier alpha value is -0.750. The fourth-order valence-electron chi connectivity index (χ4n) is 0.572. The van der Waals surface area contributed by atoms with Crippen molar-refractivity contribution in [2.45, 2.75) is 12.2 Å². The second kappa shape index (κ2) is 5.84. The number of ketones is 1. The van der Waals surface area contributed by atoms with E-state index in [2.05, 4.69) is 0 Å². The van der Waals surface area contributed by atoms with E-state index in [0.29, 0.717) is 0 Å². The molecule has 0 fully saturated rings. The molecule has 0 amide bonds. The van der Waals surface area contributed by atoms with Crippen LogP contribution in [0.25, 0.3) is 0 Å². The molecule has 4 N–H and O–H groups in total. The lowest BCUT2D eigenvalue weighted by Crippen LogP contribution is -2.33. The molecule has 2 unspecified atom stereocenters. The molecule has 0 aliphatic heterocycles. The standard InChI is InChI=1S/C7H12O5/c8-3-1-2-5(10)7(12)6(11)4-9/h1-2,5-6,8-11H,3-4H2/b2-1+. The van der Waals surface area contributed by atoms with Crippen LogP contribution in [0.2, 0.25) is 0 Å². The molecule has 2 atom stereocenters. The first-order valence-electron chi connectivity index (χ1n) is 3.41. The lowest BCUT2D eigenvalue weighted by atomic mass is 10.1. The summed E-state index contributed by atoms with van der Waals surface area (Å²) in [6, 6.07) is 0. The first kappa shape index (κ1) is 11.2. The van der Waals surface area contributed by atoms with Crippen molar-refractivity contribution in [3.8, 4) is 0 Å². The van der Waals surface area contributed by atoms with E-state index in [4.69, 9.17) is 20.4 Å². The molecule has 12 heavy (non-hydrogen) atoms. The predicted molar refractivity (Wildman–Crippen MR) is 40.3 cm³/mol. The Kier molecular flexibility index (Phi) is 5.48. The molecular weight excluding hydrogens is 164 g/mol. The largest absolute Gasteiger partial charge is 0.393 e. The van der Waals surface area contributed by atoms with Gasteiger partial charge in [-0.1, -0.05) is 12.2 Å². The monoisotopic (exact) mass is 176 g/mol. The van der Waals surface area contributed by atoms with E-state index in [9.17, 15) is 4.79 Å². The average Bonchev–Trinajstić information content (AvgIpc) is 2.11. The van der Waals surface area contributed by atoms with Crippen molar-refractivity contribution in [3.05, 3.63) is 12.2 Å². The van der Waals surface area contributed by atoms with Crippen molar-refractivity contribution in [2.75, 3.05) is 13.2 Å². The minimum atomic E-state index is -1.57. The molecule has 0 radical (unpaired) electrons. The van der Waals surface area contributed by atoms with Crippen LogP contribution < -0.4 is 0 Å². The van der Waals surface area contributed by atoms with Gasteiger partial charge in [-0.3, -0.25) is 4.79 Å². The Morgan fingerprint density at radius 3 is 2.33 bits per heavy atom. The van der Waals surface area contributed by atoms with Gasteiger partial charge in [0.05, 0.1) is 13.2 Å². The molecule has 0 saturated carbocycles. The fourth-order valence-corrected chi connectivity index (χ4v) is 0.572. The third kappa shape index (κ3) is 3.59. The van der Waals surface area contributed by atoms with Crippen LogP contribution in [-0.2, 0) is 4.79 Å². The quantitative estimate of drug-likeness (QED) is 0.357. The Bertz CT molecular complexity index is 165. The van der Waals surface area contributed by atoms with E-state index in [1.807, 2.05) is 0 Å². The first-order valence-corrected chi connectivity index (χ1v) is 3.41. The normalized spacial score (nSPS) is 16.3. The highest BCUT2D eigenvalue weighted by atomic mass is 16.3. The minimum absolute atomic E-state index is 0.292. The molecule has 0 bridgehead atoms. The highest BCUT2D eigenvalue weighted by molar-refractivity contribution is 5.88. The lowest BCUT2D eigenvalue weighted by Gasteiger charge is -2.08. The van der Waals surface area contributed by atoms with Crippen LogP contribution in [0.3, 0.4) is 0 Å². The number of hydrogen-bond acceptors (Lipinski definition) is 5. The molecule has 0 aromatic carbocycles. The molecule has 5 nitrogen and oxygen atoms in total. The number of aliphatic hydroxyl groups is 4. The van der Waals surface area contributed by atoms with Gasteiger partial charge in [-0.2, -0.15) is 0 Å². The van der Waals surface area contributed by atoms with Crippen molar-refractivity contribution < 1.29 is 25.2 Å². The van der Waals surface area contributed by atoms with Gasteiger partial charge in [0, 0.05) is 0 Å². The molecule has 0 rings (SSSR count). The van der Waals surface area contributed by atoms with Gasteiger partial charge in [-0.25, -0.2) is 0 Å². The van der Waals surface area contributed by atoms with E-state index in [1.54, 1.807) is 0 Å². The van der Waals surface area contributed by atoms with Gasteiger partial charge >= 0.3 is 0 Å². The summed E-state index contributed by atoms with van der Waals surface area (Å²) in [5.74, 6) is -0.887. The zero-order valence-electron chi connectivity index (χ0n) is 6.42. The van der Waals surface area contributed by atoms with Crippen LogP contribution in [-0.4, -0.2) is 51.6 Å². The summed E-state index contributed by atoms with van der Waals surface area (Å²) in [4.78, 5) is 10.8. The van der Waals surface area contributed by atoms with Crippen molar-refractivity contribution in [1.82, 2.24) is 0 Å².